The van der Waals surface area contributed by atoms with Gasteiger partial charge in [-0.3, -0.25) is 4.79 Å². The average Bonchev–Trinajstić information content (AvgIpc) is 2.55. The smallest absolute Gasteiger partial charge is 0.197 e. The zero-order valence-corrected chi connectivity index (χ0v) is 13.3. The Balaban J connectivity index is 2.06. The fraction of sp³-hybridized carbons (Fsp3) is 0.0500. The molecule has 1 N–H and O–H groups in total. The van der Waals surface area contributed by atoms with E-state index in [9.17, 15) is 9.90 Å². The first-order valence-corrected chi connectivity index (χ1v) is 7.63. The Morgan fingerprint density at radius 1 is 0.913 bits per heavy atom. The maximum atomic E-state index is 12.6. The molecule has 3 aromatic carbocycles. The largest absolute Gasteiger partial charge is 0.507 e. The number of hydrogen-bond donors (Lipinski definition) is 1. The molecule has 23 heavy (non-hydrogen) atoms. The lowest BCUT2D eigenvalue weighted by atomic mass is 9.94. The number of halogens is 1. The number of rotatable bonds is 3. The van der Waals surface area contributed by atoms with Crippen molar-refractivity contribution in [3.63, 3.8) is 0 Å². The molecular formula is C20H15ClO2. The van der Waals surface area contributed by atoms with E-state index in [2.05, 4.69) is 0 Å². The van der Waals surface area contributed by atoms with Crippen LogP contribution in [0.2, 0.25) is 5.02 Å². The summed E-state index contributed by atoms with van der Waals surface area (Å²) < 4.78 is 0. The first-order chi connectivity index (χ1) is 11.1. The van der Waals surface area contributed by atoms with Crippen LogP contribution >= 0.6 is 11.6 Å². The van der Waals surface area contributed by atoms with Crippen molar-refractivity contribution in [2.24, 2.45) is 0 Å². The van der Waals surface area contributed by atoms with E-state index in [0.717, 1.165) is 16.7 Å². The van der Waals surface area contributed by atoms with Crippen molar-refractivity contribution in [3.05, 3.63) is 88.4 Å². The fourth-order valence-corrected chi connectivity index (χ4v) is 2.82. The molecule has 0 aliphatic rings. The minimum Gasteiger partial charge on any atom is -0.507 e. The van der Waals surface area contributed by atoms with Gasteiger partial charge in [0.25, 0.3) is 0 Å². The van der Waals surface area contributed by atoms with Gasteiger partial charge in [-0.15, -0.1) is 0 Å². The molecule has 0 unspecified atom stereocenters. The highest BCUT2D eigenvalue weighted by molar-refractivity contribution is 6.30. The summed E-state index contributed by atoms with van der Waals surface area (Å²) in [6, 6.07) is 19.8. The normalized spacial score (nSPS) is 10.5. The average molecular weight is 323 g/mol. The maximum absolute atomic E-state index is 12.6. The summed E-state index contributed by atoms with van der Waals surface area (Å²) >= 11 is 6.02. The van der Waals surface area contributed by atoms with Crippen molar-refractivity contribution < 1.29 is 9.90 Å². The number of aryl methyl sites for hydroxylation is 1. The van der Waals surface area contributed by atoms with Gasteiger partial charge in [0.15, 0.2) is 5.78 Å². The van der Waals surface area contributed by atoms with Crippen molar-refractivity contribution in [2.75, 3.05) is 0 Å². The first kappa shape index (κ1) is 15.3. The van der Waals surface area contributed by atoms with Crippen molar-refractivity contribution in [3.8, 4) is 16.9 Å². The lowest BCUT2D eigenvalue weighted by Gasteiger charge is -2.11. The third kappa shape index (κ3) is 3.13. The molecule has 0 atom stereocenters. The third-order valence-corrected chi connectivity index (χ3v) is 3.97. The molecule has 3 rings (SSSR count). The molecule has 3 heteroatoms. The highest BCUT2D eigenvalue weighted by atomic mass is 35.5. The number of hydrogen-bond acceptors (Lipinski definition) is 2. The predicted molar refractivity (Wildman–Crippen MR) is 93.2 cm³/mol. The second kappa shape index (κ2) is 6.27. The topological polar surface area (TPSA) is 37.3 Å². The molecule has 0 radical (unpaired) electrons. The molecule has 0 saturated heterocycles. The van der Waals surface area contributed by atoms with Crippen LogP contribution in [0.3, 0.4) is 0 Å². The molecule has 2 nitrogen and oxygen atoms in total. The van der Waals surface area contributed by atoms with Crippen LogP contribution in [0.15, 0.2) is 66.7 Å². The van der Waals surface area contributed by atoms with E-state index in [1.54, 1.807) is 36.4 Å². The van der Waals surface area contributed by atoms with Gasteiger partial charge in [0.1, 0.15) is 5.75 Å². The number of carbonyl (C=O) groups excluding carboxylic acids is 1. The summed E-state index contributed by atoms with van der Waals surface area (Å²) in [5.74, 6) is -0.202. The highest BCUT2D eigenvalue weighted by Crippen LogP contribution is 2.32. The van der Waals surface area contributed by atoms with Crippen LogP contribution < -0.4 is 0 Å². The van der Waals surface area contributed by atoms with Gasteiger partial charge in [0.2, 0.25) is 0 Å². The Morgan fingerprint density at radius 3 is 2.30 bits per heavy atom. The minimum atomic E-state index is -0.182. The zero-order chi connectivity index (χ0) is 16.4. The monoisotopic (exact) mass is 322 g/mol. The first-order valence-electron chi connectivity index (χ1n) is 7.25. The maximum Gasteiger partial charge on any atom is 0.197 e. The minimum absolute atomic E-state index is 0.0196. The zero-order valence-electron chi connectivity index (χ0n) is 12.6. The number of phenolic OH excluding ortho intramolecular Hbond substituents is 1. The van der Waals surface area contributed by atoms with Gasteiger partial charge in [0.05, 0.1) is 5.56 Å². The Hall–Kier alpha value is -2.58. The number of ketones is 1. The summed E-state index contributed by atoms with van der Waals surface area (Å²) in [6.07, 6.45) is 0. The SMILES string of the molecule is Cc1cc(-c2cccc(Cl)c2)cc(O)c1C(=O)c1ccccc1. The third-order valence-electron chi connectivity index (χ3n) is 3.74. The van der Waals surface area contributed by atoms with Gasteiger partial charge in [-0.25, -0.2) is 0 Å². The Bertz CT molecular complexity index is 847. The molecule has 0 fully saturated rings. The van der Waals surface area contributed by atoms with Gasteiger partial charge in [-0.2, -0.15) is 0 Å². The summed E-state index contributed by atoms with van der Waals surface area (Å²) in [6.45, 7) is 1.82. The molecule has 0 spiro atoms. The van der Waals surface area contributed by atoms with E-state index in [-0.39, 0.29) is 11.5 Å². The summed E-state index contributed by atoms with van der Waals surface area (Å²) in [5.41, 5.74) is 3.35. The molecule has 114 valence electrons. The highest BCUT2D eigenvalue weighted by Gasteiger charge is 2.17. The van der Waals surface area contributed by atoms with Crippen molar-refractivity contribution in [2.45, 2.75) is 6.92 Å². The Labute approximate surface area is 140 Å². The van der Waals surface area contributed by atoms with Crippen LogP contribution in [0.5, 0.6) is 5.75 Å². The summed E-state index contributed by atoms with van der Waals surface area (Å²) in [4.78, 5) is 12.6. The number of phenols is 1. The molecule has 0 saturated carbocycles. The summed E-state index contributed by atoms with van der Waals surface area (Å²) in [5, 5.41) is 11.0. The van der Waals surface area contributed by atoms with Crippen molar-refractivity contribution in [1.29, 1.82) is 0 Å². The fourth-order valence-electron chi connectivity index (χ4n) is 2.63. The lowest BCUT2D eigenvalue weighted by Crippen LogP contribution is -2.04. The molecule has 0 bridgehead atoms. The summed E-state index contributed by atoms with van der Waals surface area (Å²) in [7, 11) is 0. The molecule has 0 aliphatic heterocycles. The van der Waals surface area contributed by atoms with Crippen molar-refractivity contribution in [1.82, 2.24) is 0 Å². The standard InChI is InChI=1S/C20H15ClO2/c1-13-10-16(15-8-5-9-17(21)11-15)12-18(22)19(13)20(23)14-6-3-2-4-7-14/h2-12,22H,1H3. The van der Waals surface area contributed by atoms with E-state index >= 15 is 0 Å². The van der Waals surface area contributed by atoms with Gasteiger partial charge >= 0.3 is 0 Å². The Morgan fingerprint density at radius 2 is 1.65 bits per heavy atom. The van der Waals surface area contributed by atoms with Gasteiger partial charge in [0, 0.05) is 10.6 Å². The van der Waals surface area contributed by atoms with Crippen LogP contribution in [0.4, 0.5) is 0 Å². The quantitative estimate of drug-likeness (QED) is 0.668. The van der Waals surface area contributed by atoms with Gasteiger partial charge < -0.3 is 5.11 Å². The van der Waals surface area contributed by atoms with Crippen molar-refractivity contribution >= 4 is 17.4 Å². The molecule has 0 aromatic heterocycles. The van der Waals surface area contributed by atoms with E-state index in [1.165, 1.54) is 0 Å². The number of carbonyl (C=O) groups is 1. The van der Waals surface area contributed by atoms with Gasteiger partial charge in [-0.05, 0) is 41.8 Å². The van der Waals surface area contributed by atoms with Gasteiger partial charge in [-0.1, -0.05) is 60.1 Å². The number of aromatic hydroxyl groups is 1. The molecule has 0 amide bonds. The van der Waals surface area contributed by atoms with Crippen LogP contribution in [0, 0.1) is 6.92 Å². The molecule has 3 aromatic rings. The Kier molecular flexibility index (Phi) is 4.18. The van der Waals surface area contributed by atoms with E-state index in [0.29, 0.717) is 16.1 Å². The molecule has 0 aliphatic carbocycles. The second-order valence-electron chi connectivity index (χ2n) is 5.39. The van der Waals surface area contributed by atoms with Crippen LogP contribution in [0.25, 0.3) is 11.1 Å². The van der Waals surface area contributed by atoms with Crippen LogP contribution in [-0.2, 0) is 0 Å². The second-order valence-corrected chi connectivity index (χ2v) is 5.83. The predicted octanol–water partition coefficient (Wildman–Crippen LogP) is 5.25. The van der Waals surface area contributed by atoms with E-state index < -0.39 is 0 Å². The lowest BCUT2D eigenvalue weighted by molar-refractivity contribution is 0.103. The van der Waals surface area contributed by atoms with Crippen LogP contribution in [-0.4, -0.2) is 10.9 Å². The van der Waals surface area contributed by atoms with E-state index in [1.807, 2.05) is 37.3 Å². The number of benzene rings is 3. The van der Waals surface area contributed by atoms with Crippen LogP contribution in [0.1, 0.15) is 21.5 Å². The van der Waals surface area contributed by atoms with E-state index in [4.69, 9.17) is 11.6 Å². The molecule has 0 heterocycles. The molecular weight excluding hydrogens is 308 g/mol.